The summed E-state index contributed by atoms with van der Waals surface area (Å²) in [6, 6.07) is 13.0. The maximum atomic E-state index is 7.35. The number of benzene rings is 2. The molecule has 0 fully saturated rings. The summed E-state index contributed by atoms with van der Waals surface area (Å²) in [7, 11) is 1.63. The predicted octanol–water partition coefficient (Wildman–Crippen LogP) is 3.33. The fourth-order valence-electron chi connectivity index (χ4n) is 1.85. The average molecular weight is 270 g/mol. The molecule has 0 bridgehead atoms. The first-order chi connectivity index (χ1) is 9.63. The Kier molecular flexibility index (Phi) is 4.25. The minimum Gasteiger partial charge on any atom is -0.493 e. The van der Waals surface area contributed by atoms with Gasteiger partial charge in [-0.15, -0.1) is 0 Å². The van der Waals surface area contributed by atoms with Crippen molar-refractivity contribution in [3.63, 3.8) is 0 Å². The van der Waals surface area contributed by atoms with Gasteiger partial charge in [0.15, 0.2) is 11.5 Å². The Hall–Kier alpha value is -2.49. The number of nitrogens with two attached hydrogens (primary N) is 1. The minimum absolute atomic E-state index is 0.0430. The van der Waals surface area contributed by atoms with Gasteiger partial charge in [-0.2, -0.15) is 0 Å². The van der Waals surface area contributed by atoms with Crippen LogP contribution in [0.3, 0.4) is 0 Å². The maximum absolute atomic E-state index is 7.35. The fraction of sp³-hybridized carbons (Fsp3) is 0.188. The number of nitrogen functional groups attached to an aromatic ring is 1. The van der Waals surface area contributed by atoms with Gasteiger partial charge in [0.2, 0.25) is 0 Å². The van der Waals surface area contributed by atoms with Crippen LogP contribution in [0.5, 0.6) is 17.2 Å². The predicted molar refractivity (Wildman–Crippen MR) is 79.9 cm³/mol. The Morgan fingerprint density at radius 2 is 1.80 bits per heavy atom. The lowest BCUT2D eigenvalue weighted by molar-refractivity contribution is 0.378. The van der Waals surface area contributed by atoms with E-state index < -0.39 is 0 Å². The van der Waals surface area contributed by atoms with Crippen LogP contribution in [0.1, 0.15) is 18.1 Å². The molecule has 2 aromatic rings. The van der Waals surface area contributed by atoms with Crippen LogP contribution in [0.4, 0.5) is 0 Å². The van der Waals surface area contributed by atoms with Gasteiger partial charge in [-0.1, -0.05) is 13.0 Å². The quantitative estimate of drug-likeness (QED) is 0.646. The standard InChI is InChI=1S/C16H18N2O2/c1-3-11-4-9-14(15(10-11)19-2)20-13-7-5-12(6-8-13)16(17)18/h4-10H,3H2,1-2H3,(H3,17,18). The van der Waals surface area contributed by atoms with Crippen molar-refractivity contribution in [3.8, 4) is 17.2 Å². The summed E-state index contributed by atoms with van der Waals surface area (Å²) in [6.45, 7) is 2.09. The summed E-state index contributed by atoms with van der Waals surface area (Å²) >= 11 is 0. The van der Waals surface area contributed by atoms with E-state index in [1.165, 1.54) is 5.56 Å². The summed E-state index contributed by atoms with van der Waals surface area (Å²) in [4.78, 5) is 0. The Labute approximate surface area is 118 Å². The molecule has 0 spiro atoms. The molecule has 0 heterocycles. The van der Waals surface area contributed by atoms with Crippen molar-refractivity contribution >= 4 is 5.84 Å². The molecule has 104 valence electrons. The zero-order valence-electron chi connectivity index (χ0n) is 11.6. The average Bonchev–Trinajstić information content (AvgIpc) is 2.48. The van der Waals surface area contributed by atoms with Gasteiger partial charge in [-0.3, -0.25) is 5.41 Å². The first-order valence-corrected chi connectivity index (χ1v) is 6.43. The van der Waals surface area contributed by atoms with Crippen molar-refractivity contribution in [1.82, 2.24) is 0 Å². The second-order valence-electron chi connectivity index (χ2n) is 4.38. The SMILES string of the molecule is CCc1ccc(Oc2ccc(C(=N)N)cc2)c(OC)c1. The molecule has 0 aliphatic rings. The molecule has 0 aliphatic carbocycles. The van der Waals surface area contributed by atoms with Gasteiger partial charge in [0.25, 0.3) is 0 Å². The summed E-state index contributed by atoms with van der Waals surface area (Å²) < 4.78 is 11.1. The van der Waals surface area contributed by atoms with Gasteiger partial charge >= 0.3 is 0 Å². The minimum atomic E-state index is 0.0430. The molecule has 2 rings (SSSR count). The topological polar surface area (TPSA) is 68.3 Å². The molecule has 0 radical (unpaired) electrons. The van der Waals surface area contributed by atoms with Gasteiger partial charge in [0.1, 0.15) is 11.6 Å². The number of hydrogen-bond donors (Lipinski definition) is 2. The van der Waals surface area contributed by atoms with E-state index in [9.17, 15) is 0 Å². The summed E-state index contributed by atoms with van der Waals surface area (Å²) in [6.07, 6.45) is 0.948. The number of nitrogens with one attached hydrogen (secondary N) is 1. The summed E-state index contributed by atoms with van der Waals surface area (Å²) in [5.74, 6) is 2.10. The molecule has 0 atom stereocenters. The monoisotopic (exact) mass is 270 g/mol. The highest BCUT2D eigenvalue weighted by Gasteiger charge is 2.07. The first-order valence-electron chi connectivity index (χ1n) is 6.43. The largest absolute Gasteiger partial charge is 0.493 e. The van der Waals surface area contributed by atoms with Crippen molar-refractivity contribution in [3.05, 3.63) is 53.6 Å². The highest BCUT2D eigenvalue weighted by Crippen LogP contribution is 2.32. The van der Waals surface area contributed by atoms with Crippen molar-refractivity contribution in [1.29, 1.82) is 5.41 Å². The lowest BCUT2D eigenvalue weighted by atomic mass is 10.1. The molecule has 0 amide bonds. The second kappa shape index (κ2) is 6.10. The Morgan fingerprint density at radius 1 is 1.10 bits per heavy atom. The van der Waals surface area contributed by atoms with Crippen molar-refractivity contribution in [2.75, 3.05) is 7.11 Å². The fourth-order valence-corrected chi connectivity index (χ4v) is 1.85. The third kappa shape index (κ3) is 3.09. The van der Waals surface area contributed by atoms with Crippen molar-refractivity contribution in [2.45, 2.75) is 13.3 Å². The molecule has 0 unspecified atom stereocenters. The molecule has 4 heteroatoms. The highest BCUT2D eigenvalue weighted by molar-refractivity contribution is 5.94. The number of amidine groups is 1. The zero-order chi connectivity index (χ0) is 14.5. The van der Waals surface area contributed by atoms with Gasteiger partial charge < -0.3 is 15.2 Å². The van der Waals surface area contributed by atoms with E-state index in [0.29, 0.717) is 22.8 Å². The van der Waals surface area contributed by atoms with Gasteiger partial charge in [0, 0.05) is 5.56 Å². The van der Waals surface area contributed by atoms with E-state index in [0.717, 1.165) is 6.42 Å². The number of rotatable bonds is 5. The number of aryl methyl sites for hydroxylation is 1. The molecule has 0 saturated carbocycles. The van der Waals surface area contributed by atoms with Crippen molar-refractivity contribution < 1.29 is 9.47 Å². The Bertz CT molecular complexity index is 606. The van der Waals surface area contributed by atoms with Crippen LogP contribution in [0, 0.1) is 5.41 Å². The number of methoxy groups -OCH3 is 1. The molecule has 0 aromatic heterocycles. The molecule has 20 heavy (non-hydrogen) atoms. The molecule has 4 nitrogen and oxygen atoms in total. The van der Waals surface area contributed by atoms with E-state index >= 15 is 0 Å². The summed E-state index contributed by atoms with van der Waals surface area (Å²) in [5.41, 5.74) is 7.28. The normalized spacial score (nSPS) is 10.1. The molecule has 3 N–H and O–H groups in total. The van der Waals surface area contributed by atoms with Crippen LogP contribution in [0.25, 0.3) is 0 Å². The third-order valence-electron chi connectivity index (χ3n) is 3.03. The number of hydrogen-bond acceptors (Lipinski definition) is 3. The van der Waals surface area contributed by atoms with Gasteiger partial charge in [-0.05, 0) is 48.4 Å². The molecular formula is C16H18N2O2. The highest BCUT2D eigenvalue weighted by atomic mass is 16.5. The van der Waals surface area contributed by atoms with Gasteiger partial charge in [-0.25, -0.2) is 0 Å². The van der Waals surface area contributed by atoms with Crippen LogP contribution in [0.2, 0.25) is 0 Å². The smallest absolute Gasteiger partial charge is 0.169 e. The molecular weight excluding hydrogens is 252 g/mol. The molecule has 0 saturated heterocycles. The van der Waals surface area contributed by atoms with E-state index in [4.69, 9.17) is 20.6 Å². The Morgan fingerprint density at radius 3 is 2.35 bits per heavy atom. The third-order valence-corrected chi connectivity index (χ3v) is 3.03. The molecule has 0 aliphatic heterocycles. The van der Waals surface area contributed by atoms with E-state index in [2.05, 4.69) is 6.92 Å². The number of ether oxygens (including phenoxy) is 2. The van der Waals surface area contributed by atoms with Crippen molar-refractivity contribution in [2.24, 2.45) is 5.73 Å². The zero-order valence-corrected chi connectivity index (χ0v) is 11.6. The Balaban J connectivity index is 2.23. The van der Waals surface area contributed by atoms with Crippen LogP contribution >= 0.6 is 0 Å². The van der Waals surface area contributed by atoms with Crippen LogP contribution in [-0.4, -0.2) is 12.9 Å². The van der Waals surface area contributed by atoms with Crippen LogP contribution in [0.15, 0.2) is 42.5 Å². The van der Waals surface area contributed by atoms with E-state index in [-0.39, 0.29) is 5.84 Å². The van der Waals surface area contributed by atoms with Gasteiger partial charge in [0.05, 0.1) is 7.11 Å². The lowest BCUT2D eigenvalue weighted by Crippen LogP contribution is -2.10. The van der Waals surface area contributed by atoms with E-state index in [1.54, 1.807) is 31.4 Å². The van der Waals surface area contributed by atoms with Crippen LogP contribution < -0.4 is 15.2 Å². The lowest BCUT2D eigenvalue weighted by Gasteiger charge is -2.11. The van der Waals surface area contributed by atoms with E-state index in [1.807, 2.05) is 18.2 Å². The van der Waals surface area contributed by atoms with Crippen LogP contribution in [-0.2, 0) is 6.42 Å². The second-order valence-corrected chi connectivity index (χ2v) is 4.38. The first kappa shape index (κ1) is 13.9. The molecule has 2 aromatic carbocycles. The maximum Gasteiger partial charge on any atom is 0.169 e. The summed E-state index contributed by atoms with van der Waals surface area (Å²) in [5, 5.41) is 7.35.